The molecule has 0 saturated carbocycles. The Bertz CT molecular complexity index is 381. The van der Waals surface area contributed by atoms with Crippen molar-refractivity contribution in [2.24, 2.45) is 0 Å². The van der Waals surface area contributed by atoms with Gasteiger partial charge in [-0.05, 0) is 12.3 Å². The third-order valence-electron chi connectivity index (χ3n) is 2.47. The summed E-state index contributed by atoms with van der Waals surface area (Å²) in [4.78, 5) is 21.4. The largest absolute Gasteiger partial charge is 0.415 e. The lowest BCUT2D eigenvalue weighted by molar-refractivity contribution is 0.0945. The number of carbonyl (C=O) groups excluding carboxylic acids is 1. The molecule has 4 heteroatoms. The first-order valence-corrected chi connectivity index (χ1v) is 5.69. The van der Waals surface area contributed by atoms with E-state index in [0.29, 0.717) is 5.69 Å². The number of carbonyl (C=O) groups is 1. The molecule has 0 atom stereocenters. The van der Waals surface area contributed by atoms with E-state index in [1.165, 1.54) is 0 Å². The van der Waals surface area contributed by atoms with Gasteiger partial charge in [0, 0.05) is 13.3 Å². The van der Waals surface area contributed by atoms with Crippen LogP contribution in [0.2, 0.25) is 0 Å². The molecule has 0 spiro atoms. The van der Waals surface area contributed by atoms with Crippen molar-refractivity contribution in [2.75, 3.05) is 7.11 Å². The summed E-state index contributed by atoms with van der Waals surface area (Å²) in [7, 11) is 1.57. The zero-order chi connectivity index (χ0) is 12.3. The molecule has 0 radical (unpaired) electrons. The fourth-order valence-corrected chi connectivity index (χ4v) is 1.77. The lowest BCUT2D eigenvalue weighted by Gasteiger charge is -2.08. The summed E-state index contributed by atoms with van der Waals surface area (Å²) in [6, 6.07) is 0. The second-order valence-electron chi connectivity index (χ2n) is 4.20. The molecule has 1 aromatic rings. The first kappa shape index (κ1) is 12.7. The van der Waals surface area contributed by atoms with E-state index in [1.807, 2.05) is 13.8 Å². The Morgan fingerprint density at radius 3 is 2.50 bits per heavy atom. The van der Waals surface area contributed by atoms with Gasteiger partial charge in [-0.25, -0.2) is 4.98 Å². The number of hydrogen-bond acceptors (Lipinski definition) is 3. The second-order valence-corrected chi connectivity index (χ2v) is 4.20. The molecule has 4 nitrogen and oxygen atoms in total. The van der Waals surface area contributed by atoms with E-state index in [2.05, 4.69) is 11.9 Å². The molecule has 0 aliphatic heterocycles. The number of hydrogen-bond donors (Lipinski definition) is 0. The molecule has 0 bridgehead atoms. The summed E-state index contributed by atoms with van der Waals surface area (Å²) in [5, 5.41) is 0. The highest BCUT2D eigenvalue weighted by atomic mass is 16.6. The maximum atomic E-state index is 11.6. The Labute approximate surface area is 96.6 Å². The number of rotatable bonds is 5. The number of aryl methyl sites for hydroxylation is 1. The number of aromatic nitrogens is 2. The van der Waals surface area contributed by atoms with Crippen LogP contribution >= 0.6 is 0 Å². The van der Waals surface area contributed by atoms with Gasteiger partial charge in [0.2, 0.25) is 0 Å². The third kappa shape index (κ3) is 2.26. The van der Waals surface area contributed by atoms with Crippen LogP contribution in [-0.2, 0) is 6.42 Å². The Balaban J connectivity index is 3.33. The van der Waals surface area contributed by atoms with E-state index in [1.54, 1.807) is 18.8 Å². The third-order valence-corrected chi connectivity index (χ3v) is 2.47. The summed E-state index contributed by atoms with van der Waals surface area (Å²) in [5.74, 6) is 1.06. The smallest absolute Gasteiger partial charge is 0.181 e. The molecule has 1 aromatic heterocycles. The number of Topliss-reactive ketones (excluding diaryl/α,β-unsaturated/α-hetero) is 1. The second kappa shape index (κ2) is 5.14. The lowest BCUT2D eigenvalue weighted by Crippen LogP contribution is -2.16. The fourth-order valence-electron chi connectivity index (χ4n) is 1.77. The number of nitrogens with zero attached hydrogens (tertiary/aromatic N) is 2. The van der Waals surface area contributed by atoms with Crippen molar-refractivity contribution in [3.63, 3.8) is 0 Å². The van der Waals surface area contributed by atoms with Crippen LogP contribution in [0.25, 0.3) is 0 Å². The molecule has 1 heterocycles. The molecule has 0 aromatic carbocycles. The van der Waals surface area contributed by atoms with E-state index in [4.69, 9.17) is 4.84 Å². The molecule has 1 rings (SSSR count). The van der Waals surface area contributed by atoms with E-state index < -0.39 is 0 Å². The summed E-state index contributed by atoms with van der Waals surface area (Å²) < 4.78 is 1.57. The first-order valence-electron chi connectivity index (χ1n) is 5.69. The highest BCUT2D eigenvalue weighted by Crippen LogP contribution is 2.20. The van der Waals surface area contributed by atoms with Gasteiger partial charge < -0.3 is 4.84 Å². The zero-order valence-corrected chi connectivity index (χ0v) is 10.7. The summed E-state index contributed by atoms with van der Waals surface area (Å²) in [5.41, 5.74) is 1.42. The average molecular weight is 224 g/mol. The van der Waals surface area contributed by atoms with E-state index in [0.717, 1.165) is 24.4 Å². The summed E-state index contributed by atoms with van der Waals surface area (Å²) in [6.45, 7) is 7.69. The van der Waals surface area contributed by atoms with Crippen LogP contribution in [0.15, 0.2) is 0 Å². The molecule has 0 aliphatic carbocycles. The Hall–Kier alpha value is -1.32. The molecule has 0 N–H and O–H groups in total. The quantitative estimate of drug-likeness (QED) is 0.720. The zero-order valence-electron chi connectivity index (χ0n) is 10.7. The first-order chi connectivity index (χ1) is 7.52. The molecular weight excluding hydrogens is 204 g/mol. The van der Waals surface area contributed by atoms with E-state index >= 15 is 0 Å². The van der Waals surface area contributed by atoms with Crippen molar-refractivity contribution in [1.82, 2.24) is 9.71 Å². The molecular formula is C12H20N2O2. The van der Waals surface area contributed by atoms with Crippen LogP contribution < -0.4 is 4.84 Å². The van der Waals surface area contributed by atoms with Crippen molar-refractivity contribution in [1.29, 1.82) is 0 Å². The van der Waals surface area contributed by atoms with Crippen LogP contribution in [-0.4, -0.2) is 22.6 Å². The van der Waals surface area contributed by atoms with Gasteiger partial charge in [-0.1, -0.05) is 20.8 Å². The van der Waals surface area contributed by atoms with Crippen LogP contribution in [0.4, 0.5) is 0 Å². The fraction of sp³-hybridized carbons (Fsp3) is 0.667. The maximum Gasteiger partial charge on any atom is 0.181 e. The van der Waals surface area contributed by atoms with Crippen LogP contribution in [0, 0.1) is 0 Å². The molecule has 90 valence electrons. The monoisotopic (exact) mass is 224 g/mol. The van der Waals surface area contributed by atoms with Gasteiger partial charge in [-0.15, -0.1) is 0 Å². The molecule has 0 unspecified atom stereocenters. The topological polar surface area (TPSA) is 44.1 Å². The van der Waals surface area contributed by atoms with Gasteiger partial charge >= 0.3 is 0 Å². The van der Waals surface area contributed by atoms with Crippen molar-refractivity contribution >= 4 is 5.78 Å². The number of ketones is 1. The van der Waals surface area contributed by atoms with Crippen LogP contribution in [0.3, 0.4) is 0 Å². The highest BCUT2D eigenvalue weighted by Gasteiger charge is 2.22. The number of imidazole rings is 1. The Kier molecular flexibility index (Phi) is 4.10. The SMILES string of the molecule is CCCc1nc(C(C)C)c(C(C)=O)n1OC. The molecule has 0 amide bonds. The van der Waals surface area contributed by atoms with Gasteiger partial charge in [-0.3, -0.25) is 4.79 Å². The van der Waals surface area contributed by atoms with Gasteiger partial charge in [0.15, 0.2) is 5.78 Å². The molecule has 0 saturated heterocycles. The summed E-state index contributed by atoms with van der Waals surface area (Å²) >= 11 is 0. The lowest BCUT2D eigenvalue weighted by atomic mass is 10.1. The van der Waals surface area contributed by atoms with Gasteiger partial charge in [0.1, 0.15) is 18.6 Å². The maximum absolute atomic E-state index is 11.6. The molecule has 0 aliphatic rings. The highest BCUT2D eigenvalue weighted by molar-refractivity contribution is 5.93. The minimum Gasteiger partial charge on any atom is -0.415 e. The van der Waals surface area contributed by atoms with Crippen molar-refractivity contribution in [3.8, 4) is 0 Å². The van der Waals surface area contributed by atoms with Gasteiger partial charge in [0.25, 0.3) is 0 Å². The molecule has 0 fully saturated rings. The summed E-state index contributed by atoms with van der Waals surface area (Å²) in [6.07, 6.45) is 1.80. The minimum absolute atomic E-state index is 0.000373. The van der Waals surface area contributed by atoms with Gasteiger partial charge in [-0.2, -0.15) is 4.73 Å². The van der Waals surface area contributed by atoms with Crippen LogP contribution in [0.5, 0.6) is 0 Å². The predicted molar refractivity (Wildman–Crippen MR) is 62.8 cm³/mol. The van der Waals surface area contributed by atoms with Gasteiger partial charge in [0.05, 0.1) is 5.69 Å². The molecule has 16 heavy (non-hydrogen) atoms. The Morgan fingerprint density at radius 1 is 1.50 bits per heavy atom. The average Bonchev–Trinajstić information content (AvgIpc) is 2.57. The Morgan fingerprint density at radius 2 is 2.12 bits per heavy atom. The van der Waals surface area contributed by atoms with Crippen molar-refractivity contribution < 1.29 is 9.63 Å². The predicted octanol–water partition coefficient (Wildman–Crippen LogP) is 2.22. The van der Waals surface area contributed by atoms with E-state index in [9.17, 15) is 4.79 Å². The standard InChI is InChI=1S/C12H20N2O2/c1-6-7-10-13-11(8(2)3)12(9(4)15)14(10)16-5/h8H,6-7H2,1-5H3. The minimum atomic E-state index is 0.000373. The van der Waals surface area contributed by atoms with Crippen LogP contribution in [0.1, 0.15) is 62.0 Å². The van der Waals surface area contributed by atoms with Crippen molar-refractivity contribution in [3.05, 3.63) is 17.2 Å². The normalized spacial score (nSPS) is 10.9. The van der Waals surface area contributed by atoms with E-state index in [-0.39, 0.29) is 11.7 Å². The van der Waals surface area contributed by atoms with Crippen molar-refractivity contribution in [2.45, 2.75) is 46.5 Å².